The van der Waals surface area contributed by atoms with Gasteiger partial charge in [-0.1, -0.05) is 43.2 Å². The van der Waals surface area contributed by atoms with Crippen LogP contribution in [-0.4, -0.2) is 97.0 Å². The highest BCUT2D eigenvalue weighted by Crippen LogP contribution is 2.47. The van der Waals surface area contributed by atoms with E-state index in [4.69, 9.17) is 19.2 Å². The molecule has 0 bridgehead atoms. The minimum Gasteiger partial charge on any atom is -0.483 e. The highest BCUT2D eigenvalue weighted by molar-refractivity contribution is 7.91. The van der Waals surface area contributed by atoms with E-state index < -0.39 is 67.7 Å². The lowest BCUT2D eigenvalue weighted by Crippen LogP contribution is -2.70. The third-order valence-corrected chi connectivity index (χ3v) is 14.3. The summed E-state index contributed by atoms with van der Waals surface area (Å²) in [5.74, 6) is -1.62. The third-order valence-electron chi connectivity index (χ3n) is 12.2. The lowest BCUT2D eigenvalue weighted by Gasteiger charge is -2.48. The molecule has 7 rings (SSSR count). The highest BCUT2D eigenvalue weighted by atomic mass is 32.2. The quantitative estimate of drug-likeness (QED) is 0.278. The number of amides is 4. The maximum Gasteiger partial charge on any atom is 0.407 e. The second kappa shape index (κ2) is 14.8. The number of methoxy groups -OCH3 is 1. The fourth-order valence-electron chi connectivity index (χ4n) is 8.42. The summed E-state index contributed by atoms with van der Waals surface area (Å²) in [6.07, 6.45) is 9.30. The molecule has 2 aromatic rings. The van der Waals surface area contributed by atoms with Gasteiger partial charge in [-0.15, -0.1) is 0 Å². The number of hydrogen-bond acceptors (Lipinski definition) is 10. The summed E-state index contributed by atoms with van der Waals surface area (Å²) in [7, 11) is -2.50. The summed E-state index contributed by atoms with van der Waals surface area (Å²) >= 11 is 0. The van der Waals surface area contributed by atoms with Crippen LogP contribution in [0.2, 0.25) is 0 Å². The number of alkyl carbamates (subject to hydrolysis) is 1. The van der Waals surface area contributed by atoms with Crippen molar-refractivity contribution in [3.8, 4) is 5.75 Å². The molecular weight excluding hydrogens is 715 g/mol. The average molecular weight is 766 g/mol. The van der Waals surface area contributed by atoms with E-state index >= 15 is 0 Å². The molecule has 2 saturated carbocycles. The molecular formula is C39H51N5O9S. The fraction of sp³-hybridized carbons (Fsp3) is 0.615. The minimum atomic E-state index is -4.00. The van der Waals surface area contributed by atoms with Gasteiger partial charge in [0, 0.05) is 30.4 Å². The van der Waals surface area contributed by atoms with Gasteiger partial charge < -0.3 is 29.7 Å². The van der Waals surface area contributed by atoms with Crippen molar-refractivity contribution in [2.75, 3.05) is 26.9 Å². The van der Waals surface area contributed by atoms with Crippen molar-refractivity contribution in [1.82, 2.24) is 25.2 Å². The van der Waals surface area contributed by atoms with Crippen LogP contribution in [0, 0.1) is 12.8 Å². The Bertz CT molecular complexity index is 1970. The number of aromatic nitrogens is 1. The van der Waals surface area contributed by atoms with Crippen molar-refractivity contribution in [2.24, 2.45) is 5.92 Å². The molecule has 5 unspecified atom stereocenters. The number of aryl methyl sites for hydroxylation is 2. The Labute approximate surface area is 316 Å². The van der Waals surface area contributed by atoms with Crippen molar-refractivity contribution in [3.05, 3.63) is 47.7 Å². The molecule has 2 aliphatic carbocycles. The van der Waals surface area contributed by atoms with Gasteiger partial charge in [0.05, 0.1) is 29.1 Å². The number of para-hydroxylation sites is 1. The minimum absolute atomic E-state index is 0.00291. The Kier molecular flexibility index (Phi) is 10.4. The van der Waals surface area contributed by atoms with Crippen LogP contribution in [0.15, 0.2) is 36.4 Å². The summed E-state index contributed by atoms with van der Waals surface area (Å²) in [5.41, 5.74) is 0.0869. The Balaban J connectivity index is 1.23. The molecule has 4 amide bonds. The van der Waals surface area contributed by atoms with Crippen molar-refractivity contribution < 1.29 is 41.8 Å². The maximum atomic E-state index is 14.7. The molecule has 1 saturated heterocycles. The maximum absolute atomic E-state index is 14.7. The number of rotatable bonds is 7. The van der Waals surface area contributed by atoms with Gasteiger partial charge in [0.25, 0.3) is 5.91 Å². The van der Waals surface area contributed by atoms with Gasteiger partial charge in [-0.25, -0.2) is 18.2 Å². The number of pyridine rings is 1. The van der Waals surface area contributed by atoms with Crippen molar-refractivity contribution in [1.29, 1.82) is 0 Å². The van der Waals surface area contributed by atoms with Crippen molar-refractivity contribution in [2.45, 2.75) is 119 Å². The van der Waals surface area contributed by atoms with E-state index in [1.54, 1.807) is 6.92 Å². The molecule has 3 aliphatic heterocycles. The van der Waals surface area contributed by atoms with Gasteiger partial charge in [-0.3, -0.25) is 19.1 Å². The molecule has 0 radical (unpaired) electrons. The van der Waals surface area contributed by atoms with E-state index in [0.717, 1.165) is 29.3 Å². The van der Waals surface area contributed by atoms with E-state index in [1.807, 2.05) is 43.3 Å². The number of ether oxygens (including phenoxy) is 3. The number of nitrogens with one attached hydrogen (secondary N) is 3. The zero-order valence-electron chi connectivity index (χ0n) is 31.3. The predicted octanol–water partition coefficient (Wildman–Crippen LogP) is 3.73. The highest BCUT2D eigenvalue weighted by Gasteiger charge is 2.59. The van der Waals surface area contributed by atoms with Gasteiger partial charge >= 0.3 is 6.09 Å². The van der Waals surface area contributed by atoms with Crippen LogP contribution in [-0.2, 0) is 40.3 Å². The monoisotopic (exact) mass is 765 g/mol. The largest absolute Gasteiger partial charge is 0.483 e. The first-order valence-corrected chi connectivity index (χ1v) is 20.6. The van der Waals surface area contributed by atoms with Crippen LogP contribution in [0.1, 0.15) is 88.8 Å². The summed E-state index contributed by atoms with van der Waals surface area (Å²) in [6, 6.07) is 5.79. The molecule has 5 atom stereocenters. The van der Waals surface area contributed by atoms with Crippen molar-refractivity contribution >= 4 is 44.7 Å². The van der Waals surface area contributed by atoms with Crippen LogP contribution in [0.4, 0.5) is 4.79 Å². The first-order chi connectivity index (χ1) is 25.8. The molecule has 1 aromatic heterocycles. The topological polar surface area (TPSA) is 182 Å². The van der Waals surface area contributed by atoms with Crippen LogP contribution < -0.4 is 20.1 Å². The molecule has 14 nitrogen and oxygen atoms in total. The smallest absolute Gasteiger partial charge is 0.407 e. The molecule has 292 valence electrons. The number of sulfonamides is 1. The number of carbonyl (C=O) groups excluding carboxylic acids is 4. The second-order valence-electron chi connectivity index (χ2n) is 15.9. The molecule has 3 fully saturated rings. The normalized spacial score (nSPS) is 29.3. The Hall–Kier alpha value is -4.24. The Morgan fingerprint density at radius 2 is 1.87 bits per heavy atom. The van der Waals surface area contributed by atoms with E-state index in [1.165, 1.54) is 12.0 Å². The lowest BCUT2D eigenvalue weighted by molar-refractivity contribution is -0.144. The average Bonchev–Trinajstić information content (AvgIpc) is 3.80. The molecule has 54 heavy (non-hydrogen) atoms. The standard InChI is InChI=1S/C39H51N5O9S/c1-25-32-28(27-12-9-10-13-29(27)40-25)16-17-38(53-32)23-31-33(45)42-39(35(47)43-54(49,50)37(2)19-20-37)18-15-26(39)11-7-5-4-6-8-14-30(34(46)44(31)24-38)41-36(48)52-22-21-51-3/h7,9-13,26,30-31H,4-6,8,14-24H2,1-3H3,(H,41,48)(H,42,45)(H,43,47). The van der Waals surface area contributed by atoms with Crippen LogP contribution in [0.5, 0.6) is 5.75 Å². The van der Waals surface area contributed by atoms with Gasteiger partial charge in [0.1, 0.15) is 35.6 Å². The Morgan fingerprint density at radius 1 is 1.07 bits per heavy atom. The predicted molar refractivity (Wildman–Crippen MR) is 199 cm³/mol. The lowest BCUT2D eigenvalue weighted by atomic mass is 9.65. The SMILES string of the molecule is COCCOC(=O)NC1CCCCCC=CC2CCC2(C(=O)NS(=O)(=O)C2(C)CC2)NC(=O)C2CC3(CCc4c(c(C)nc5ccccc45)O3)CN2C1=O. The van der Waals surface area contributed by atoms with Gasteiger partial charge in [0.15, 0.2) is 0 Å². The van der Waals surface area contributed by atoms with Gasteiger partial charge in [0.2, 0.25) is 21.8 Å². The van der Waals surface area contributed by atoms with Crippen LogP contribution in [0.25, 0.3) is 10.9 Å². The summed E-state index contributed by atoms with van der Waals surface area (Å²) < 4.78 is 45.0. The fourth-order valence-corrected chi connectivity index (χ4v) is 9.73. The van der Waals surface area contributed by atoms with E-state index in [2.05, 4.69) is 15.4 Å². The van der Waals surface area contributed by atoms with Gasteiger partial charge in [-0.05, 0) is 77.7 Å². The summed E-state index contributed by atoms with van der Waals surface area (Å²) in [4.78, 5) is 62.7. The van der Waals surface area contributed by atoms with Crippen LogP contribution in [0.3, 0.4) is 0 Å². The van der Waals surface area contributed by atoms with E-state index in [-0.39, 0.29) is 32.6 Å². The molecule has 1 aromatic carbocycles. The zero-order chi connectivity index (χ0) is 38.3. The number of benzene rings is 1. The van der Waals surface area contributed by atoms with E-state index in [0.29, 0.717) is 62.8 Å². The molecule has 4 heterocycles. The molecule has 1 spiro atoms. The number of nitrogens with zero attached hydrogens (tertiary/aromatic N) is 2. The number of fused-ring (bicyclic) bond motifs is 5. The molecule has 3 N–H and O–H groups in total. The molecule has 15 heteroatoms. The number of carbonyl (C=O) groups is 4. The van der Waals surface area contributed by atoms with Crippen molar-refractivity contribution in [3.63, 3.8) is 0 Å². The summed E-state index contributed by atoms with van der Waals surface area (Å²) in [6.45, 7) is 3.74. The number of hydrogen-bond donors (Lipinski definition) is 3. The van der Waals surface area contributed by atoms with E-state index in [9.17, 15) is 27.6 Å². The number of allylic oxidation sites excluding steroid dienone is 1. The third kappa shape index (κ3) is 7.16. The first-order valence-electron chi connectivity index (χ1n) is 19.2. The molecule has 5 aliphatic rings. The first kappa shape index (κ1) is 38.1. The second-order valence-corrected chi connectivity index (χ2v) is 18.1. The van der Waals surface area contributed by atoms with Crippen LogP contribution >= 0.6 is 0 Å². The zero-order valence-corrected chi connectivity index (χ0v) is 32.1. The van der Waals surface area contributed by atoms with Gasteiger partial charge in [-0.2, -0.15) is 0 Å². The Morgan fingerprint density at radius 3 is 2.61 bits per heavy atom. The summed E-state index contributed by atoms with van der Waals surface area (Å²) in [5, 5.41) is 6.73.